The molecule has 1 amide bonds. The zero-order chi connectivity index (χ0) is 15.7. The number of amides is 1. The van der Waals surface area contributed by atoms with Crippen molar-refractivity contribution in [3.05, 3.63) is 34.9 Å². The third-order valence-electron chi connectivity index (χ3n) is 3.60. The van der Waals surface area contributed by atoms with Gasteiger partial charge >= 0.3 is 6.18 Å². The average Bonchev–Trinajstić information content (AvgIpc) is 3.12. The fraction of sp³-hybridized carbons (Fsp3) is 0.462. The summed E-state index contributed by atoms with van der Waals surface area (Å²) < 4.78 is 43.4. The van der Waals surface area contributed by atoms with E-state index in [9.17, 15) is 18.0 Å². The number of fused-ring (bicyclic) bond motifs is 1. The van der Waals surface area contributed by atoms with Crippen molar-refractivity contribution in [1.82, 2.24) is 19.2 Å². The Bertz CT molecular complexity index is 665. The molecule has 1 aliphatic rings. The van der Waals surface area contributed by atoms with Gasteiger partial charge in [-0.3, -0.25) is 4.79 Å². The fourth-order valence-electron chi connectivity index (χ4n) is 2.47. The Kier molecular flexibility index (Phi) is 3.90. The highest BCUT2D eigenvalue weighted by Crippen LogP contribution is 2.30. The Morgan fingerprint density at radius 3 is 3.00 bits per heavy atom. The molecule has 0 aromatic carbocycles. The highest BCUT2D eigenvalue weighted by atomic mass is 32.1. The van der Waals surface area contributed by atoms with Gasteiger partial charge in [-0.15, -0.1) is 0 Å². The number of hydrogen-bond acceptors (Lipinski definition) is 4. The summed E-state index contributed by atoms with van der Waals surface area (Å²) in [5.74, 6) is 0.286. The molecule has 0 unspecified atom stereocenters. The highest BCUT2D eigenvalue weighted by molar-refractivity contribution is 7.03. The maximum atomic E-state index is 12.6. The first-order valence-corrected chi connectivity index (χ1v) is 7.59. The zero-order valence-corrected chi connectivity index (χ0v) is 12.2. The summed E-state index contributed by atoms with van der Waals surface area (Å²) in [6, 6.07) is 1.63. The van der Waals surface area contributed by atoms with Crippen LogP contribution in [0.5, 0.6) is 0 Å². The van der Waals surface area contributed by atoms with Gasteiger partial charge in [0.2, 0.25) is 0 Å². The molecule has 118 valence electrons. The molecule has 0 fully saturated rings. The van der Waals surface area contributed by atoms with Gasteiger partial charge in [-0.1, -0.05) is 0 Å². The van der Waals surface area contributed by atoms with Crippen LogP contribution in [0.2, 0.25) is 0 Å². The minimum absolute atomic E-state index is 0.0883. The van der Waals surface area contributed by atoms with E-state index in [0.29, 0.717) is 37.4 Å². The number of aryl methyl sites for hydroxylation is 1. The molecule has 0 spiro atoms. The maximum Gasteiger partial charge on any atom is 0.434 e. The van der Waals surface area contributed by atoms with Gasteiger partial charge < -0.3 is 9.88 Å². The van der Waals surface area contributed by atoms with Gasteiger partial charge in [0.05, 0.1) is 0 Å². The number of carbonyl (C=O) groups is 1. The van der Waals surface area contributed by atoms with E-state index in [-0.39, 0.29) is 11.8 Å². The van der Waals surface area contributed by atoms with E-state index in [1.165, 1.54) is 16.1 Å². The molecule has 2 aromatic rings. The van der Waals surface area contributed by atoms with E-state index in [1.54, 1.807) is 11.4 Å². The van der Waals surface area contributed by atoms with Crippen LogP contribution in [0.25, 0.3) is 0 Å². The van der Waals surface area contributed by atoms with Gasteiger partial charge in [-0.05, 0) is 29.9 Å². The van der Waals surface area contributed by atoms with Gasteiger partial charge in [0, 0.05) is 31.1 Å². The van der Waals surface area contributed by atoms with Crippen LogP contribution in [0, 0.1) is 5.92 Å². The number of aromatic nitrogens is 3. The van der Waals surface area contributed by atoms with Crippen LogP contribution < -0.4 is 5.32 Å². The second-order valence-electron chi connectivity index (χ2n) is 5.19. The topological polar surface area (TPSA) is 59.8 Å². The van der Waals surface area contributed by atoms with E-state index in [1.807, 2.05) is 0 Å². The number of carbonyl (C=O) groups excluding carboxylic acids is 1. The average molecular weight is 330 g/mol. The third kappa shape index (κ3) is 3.13. The van der Waals surface area contributed by atoms with Crippen molar-refractivity contribution in [2.75, 3.05) is 6.54 Å². The molecule has 0 radical (unpaired) electrons. The Balaban J connectivity index is 1.60. The summed E-state index contributed by atoms with van der Waals surface area (Å²) in [6.07, 6.45) is -2.19. The molecule has 1 N–H and O–H groups in total. The minimum atomic E-state index is -4.42. The lowest BCUT2D eigenvalue weighted by molar-refractivity contribution is -0.141. The number of halogens is 3. The van der Waals surface area contributed by atoms with Gasteiger partial charge in [-0.2, -0.15) is 17.5 Å². The molecule has 1 aliphatic heterocycles. The SMILES string of the molecule is O=C(NC[C@H]1CCc2nc(C(F)(F)F)cn2C1)c1ccsn1. The van der Waals surface area contributed by atoms with Crippen LogP contribution in [0.1, 0.15) is 28.4 Å². The first-order chi connectivity index (χ1) is 10.4. The van der Waals surface area contributed by atoms with Gasteiger partial charge in [0.15, 0.2) is 5.69 Å². The Morgan fingerprint density at radius 1 is 1.50 bits per heavy atom. The maximum absolute atomic E-state index is 12.6. The monoisotopic (exact) mass is 330 g/mol. The lowest BCUT2D eigenvalue weighted by Gasteiger charge is -2.23. The molecule has 3 heterocycles. The van der Waals surface area contributed by atoms with Crippen molar-refractivity contribution in [2.24, 2.45) is 5.92 Å². The van der Waals surface area contributed by atoms with Crippen LogP contribution in [0.15, 0.2) is 17.6 Å². The second-order valence-corrected chi connectivity index (χ2v) is 5.86. The summed E-state index contributed by atoms with van der Waals surface area (Å²) in [6.45, 7) is 0.838. The lowest BCUT2D eigenvalue weighted by atomic mass is 9.99. The Morgan fingerprint density at radius 2 is 2.32 bits per heavy atom. The molecule has 1 atom stereocenters. The smallest absolute Gasteiger partial charge is 0.350 e. The third-order valence-corrected chi connectivity index (χ3v) is 4.16. The molecule has 0 aliphatic carbocycles. The standard InChI is InChI=1S/C13H13F3N4OS/c14-13(15,16)10-7-20-6-8(1-2-11(20)18-10)5-17-12(21)9-3-4-22-19-9/h3-4,7-8H,1-2,5-6H2,(H,17,21)/t8-/m1/s1. The molecular weight excluding hydrogens is 317 g/mol. The highest BCUT2D eigenvalue weighted by Gasteiger charge is 2.35. The van der Waals surface area contributed by atoms with E-state index < -0.39 is 11.9 Å². The van der Waals surface area contributed by atoms with Crippen molar-refractivity contribution < 1.29 is 18.0 Å². The van der Waals surface area contributed by atoms with E-state index in [4.69, 9.17) is 0 Å². The molecule has 2 aromatic heterocycles. The lowest BCUT2D eigenvalue weighted by Crippen LogP contribution is -2.33. The van der Waals surface area contributed by atoms with Crippen LogP contribution in [-0.4, -0.2) is 26.4 Å². The molecule has 0 saturated heterocycles. The molecule has 3 rings (SSSR count). The number of imidazole rings is 1. The van der Waals surface area contributed by atoms with E-state index in [0.717, 1.165) is 6.20 Å². The van der Waals surface area contributed by atoms with Gasteiger partial charge in [0.1, 0.15) is 11.5 Å². The van der Waals surface area contributed by atoms with Crippen LogP contribution in [0.3, 0.4) is 0 Å². The van der Waals surface area contributed by atoms with Crippen LogP contribution >= 0.6 is 11.5 Å². The zero-order valence-electron chi connectivity index (χ0n) is 11.4. The summed E-state index contributed by atoms with van der Waals surface area (Å²) >= 11 is 1.20. The van der Waals surface area contributed by atoms with Crippen molar-refractivity contribution in [1.29, 1.82) is 0 Å². The predicted molar refractivity (Wildman–Crippen MR) is 73.5 cm³/mol. The Hall–Kier alpha value is -1.90. The number of nitrogens with zero attached hydrogens (tertiary/aromatic N) is 3. The normalized spacial score (nSPS) is 18.0. The molecule has 0 saturated carbocycles. The molecule has 22 heavy (non-hydrogen) atoms. The Labute approximate surface area is 128 Å². The summed E-state index contributed by atoms with van der Waals surface area (Å²) in [5, 5.41) is 4.49. The van der Waals surface area contributed by atoms with Crippen molar-refractivity contribution in [3.8, 4) is 0 Å². The minimum Gasteiger partial charge on any atom is -0.350 e. The quantitative estimate of drug-likeness (QED) is 0.940. The van der Waals surface area contributed by atoms with Crippen LogP contribution in [0.4, 0.5) is 13.2 Å². The summed E-state index contributed by atoms with van der Waals surface area (Å²) in [5.41, 5.74) is -0.488. The summed E-state index contributed by atoms with van der Waals surface area (Å²) in [7, 11) is 0. The van der Waals surface area contributed by atoms with Crippen molar-refractivity contribution in [2.45, 2.75) is 25.6 Å². The largest absolute Gasteiger partial charge is 0.434 e. The van der Waals surface area contributed by atoms with Crippen LogP contribution in [-0.2, 0) is 19.1 Å². The molecule has 0 bridgehead atoms. The number of hydrogen-bond donors (Lipinski definition) is 1. The van der Waals surface area contributed by atoms with Gasteiger partial charge in [0.25, 0.3) is 5.91 Å². The van der Waals surface area contributed by atoms with Gasteiger partial charge in [-0.25, -0.2) is 4.98 Å². The first-order valence-electron chi connectivity index (χ1n) is 6.75. The number of nitrogens with one attached hydrogen (secondary N) is 1. The second kappa shape index (κ2) is 5.71. The predicted octanol–water partition coefficient (Wildman–Crippen LogP) is 2.35. The van der Waals surface area contributed by atoms with Crippen molar-refractivity contribution in [3.63, 3.8) is 0 Å². The fourth-order valence-corrected chi connectivity index (χ4v) is 2.98. The van der Waals surface area contributed by atoms with E-state index >= 15 is 0 Å². The van der Waals surface area contributed by atoms with Crippen molar-refractivity contribution >= 4 is 17.4 Å². The molecular formula is C13H13F3N4OS. The molecule has 9 heteroatoms. The van der Waals surface area contributed by atoms with E-state index in [2.05, 4.69) is 14.7 Å². The number of rotatable bonds is 3. The number of alkyl halides is 3. The molecule has 5 nitrogen and oxygen atoms in total. The first kappa shape index (κ1) is 15.0. The summed E-state index contributed by atoms with van der Waals surface area (Å²) in [4.78, 5) is 15.4.